The highest BCUT2D eigenvalue weighted by atomic mass is 16.5. The maximum absolute atomic E-state index is 13.5. The second-order valence-electron chi connectivity index (χ2n) is 8.19. The number of methoxy groups -OCH3 is 1. The van der Waals surface area contributed by atoms with Gasteiger partial charge in [0.1, 0.15) is 5.82 Å². The monoisotopic (exact) mass is 472 g/mol. The standard InChI is InChI=1S/C22H28N6O6/c1-5-26-20(31)14-7-6-13(10-15(14)24-21(26)32)19(30)27(8-9-34-4)16-17(23)28(11-12(2)3)22(33)25-18(16)29/h6-7,10,12H,5,8-9,11,23H2,1-4H3,(H,24,32)(H,25,29,33). The molecule has 12 nitrogen and oxygen atoms in total. The molecule has 0 unspecified atom stereocenters. The Bertz CT molecular complexity index is 1460. The van der Waals surface area contributed by atoms with Gasteiger partial charge in [0.2, 0.25) is 0 Å². The van der Waals surface area contributed by atoms with Gasteiger partial charge in [0, 0.05) is 32.3 Å². The van der Waals surface area contributed by atoms with E-state index in [2.05, 4.69) is 9.97 Å². The molecule has 0 aliphatic heterocycles. The summed E-state index contributed by atoms with van der Waals surface area (Å²) in [5.74, 6) is -0.718. The Labute approximate surface area is 193 Å². The Hall–Kier alpha value is -3.93. The van der Waals surface area contributed by atoms with Gasteiger partial charge in [-0.05, 0) is 31.0 Å². The van der Waals surface area contributed by atoms with Crippen molar-refractivity contribution in [1.29, 1.82) is 0 Å². The number of hydrogen-bond acceptors (Lipinski definition) is 7. The summed E-state index contributed by atoms with van der Waals surface area (Å²) in [6.07, 6.45) is 0. The Kier molecular flexibility index (Phi) is 7.20. The molecule has 2 heterocycles. The largest absolute Gasteiger partial charge is 0.383 e. The van der Waals surface area contributed by atoms with E-state index >= 15 is 0 Å². The molecule has 12 heteroatoms. The maximum Gasteiger partial charge on any atom is 0.330 e. The van der Waals surface area contributed by atoms with E-state index in [1.807, 2.05) is 13.8 Å². The predicted molar refractivity (Wildman–Crippen MR) is 129 cm³/mol. The van der Waals surface area contributed by atoms with Crippen LogP contribution in [0.5, 0.6) is 0 Å². The summed E-state index contributed by atoms with van der Waals surface area (Å²) in [7, 11) is 1.44. The third kappa shape index (κ3) is 4.57. The van der Waals surface area contributed by atoms with Crippen molar-refractivity contribution in [2.45, 2.75) is 33.9 Å². The Morgan fingerprint density at radius 3 is 2.41 bits per heavy atom. The highest BCUT2D eigenvalue weighted by molar-refractivity contribution is 6.08. The number of nitrogen functional groups attached to an aromatic ring is 1. The molecule has 3 aromatic rings. The number of aromatic nitrogens is 4. The molecule has 0 saturated carbocycles. The van der Waals surface area contributed by atoms with Crippen LogP contribution >= 0.6 is 0 Å². The normalized spacial score (nSPS) is 11.3. The third-order valence-corrected chi connectivity index (χ3v) is 5.34. The Balaban J connectivity index is 2.18. The van der Waals surface area contributed by atoms with Crippen LogP contribution in [0.2, 0.25) is 0 Å². The SMILES string of the molecule is CCn1c(=O)[nH]c2cc(C(=O)N(CCOC)c3c(N)n(CC(C)C)c(=O)[nH]c3=O)ccc2c1=O. The van der Waals surface area contributed by atoms with Crippen LogP contribution in [0.25, 0.3) is 10.9 Å². The number of rotatable bonds is 8. The molecule has 4 N–H and O–H groups in total. The number of H-pyrrole nitrogens is 2. The van der Waals surface area contributed by atoms with E-state index in [0.717, 1.165) is 9.47 Å². The van der Waals surface area contributed by atoms with Crippen molar-refractivity contribution in [3.05, 3.63) is 65.4 Å². The average molecular weight is 473 g/mol. The predicted octanol–water partition coefficient (Wildman–Crippen LogP) is 0.0911. The highest BCUT2D eigenvalue weighted by Crippen LogP contribution is 2.21. The van der Waals surface area contributed by atoms with Crippen LogP contribution in [0, 0.1) is 5.92 Å². The van der Waals surface area contributed by atoms with Crippen LogP contribution in [0.3, 0.4) is 0 Å². The molecular weight excluding hydrogens is 444 g/mol. The van der Waals surface area contributed by atoms with Crippen molar-refractivity contribution in [2.24, 2.45) is 5.92 Å². The summed E-state index contributed by atoms with van der Waals surface area (Å²) >= 11 is 0. The van der Waals surface area contributed by atoms with E-state index in [9.17, 15) is 24.0 Å². The molecule has 0 atom stereocenters. The molecule has 34 heavy (non-hydrogen) atoms. The number of nitrogens with one attached hydrogen (secondary N) is 2. The molecule has 1 amide bonds. The van der Waals surface area contributed by atoms with Crippen molar-refractivity contribution in [2.75, 3.05) is 30.9 Å². The fourth-order valence-electron chi connectivity index (χ4n) is 3.71. The molecule has 0 saturated heterocycles. The zero-order valence-electron chi connectivity index (χ0n) is 19.5. The number of benzene rings is 1. The first-order valence-electron chi connectivity index (χ1n) is 10.8. The first kappa shape index (κ1) is 24.7. The van der Waals surface area contributed by atoms with Gasteiger partial charge in [-0.1, -0.05) is 13.8 Å². The molecule has 0 spiro atoms. The van der Waals surface area contributed by atoms with E-state index in [-0.39, 0.29) is 60.1 Å². The van der Waals surface area contributed by atoms with Crippen molar-refractivity contribution < 1.29 is 9.53 Å². The second-order valence-corrected chi connectivity index (χ2v) is 8.19. The van der Waals surface area contributed by atoms with Crippen molar-refractivity contribution in [1.82, 2.24) is 19.1 Å². The van der Waals surface area contributed by atoms with Crippen LogP contribution in [0.15, 0.2) is 37.4 Å². The lowest BCUT2D eigenvalue weighted by Crippen LogP contribution is -2.43. The number of fused-ring (bicyclic) bond motifs is 1. The van der Waals surface area contributed by atoms with Gasteiger partial charge in [-0.15, -0.1) is 0 Å². The minimum Gasteiger partial charge on any atom is -0.383 e. The molecule has 0 aliphatic carbocycles. The summed E-state index contributed by atoms with van der Waals surface area (Å²) in [5, 5.41) is 0.240. The van der Waals surface area contributed by atoms with Gasteiger partial charge < -0.3 is 15.5 Å². The lowest BCUT2D eigenvalue weighted by molar-refractivity contribution is 0.0975. The number of nitrogens with zero attached hydrogens (tertiary/aromatic N) is 3. The van der Waals surface area contributed by atoms with Crippen LogP contribution in [0.4, 0.5) is 11.5 Å². The number of carbonyl (C=O) groups excluding carboxylic acids is 1. The molecule has 2 aromatic heterocycles. The topological polar surface area (TPSA) is 165 Å². The van der Waals surface area contributed by atoms with Gasteiger partial charge >= 0.3 is 11.4 Å². The number of carbonyl (C=O) groups is 1. The van der Waals surface area contributed by atoms with E-state index in [1.54, 1.807) is 6.92 Å². The minimum absolute atomic E-state index is 0.0333. The smallest absolute Gasteiger partial charge is 0.330 e. The van der Waals surface area contributed by atoms with Crippen LogP contribution < -0.4 is 33.1 Å². The van der Waals surface area contributed by atoms with Gasteiger partial charge in [0.25, 0.3) is 17.0 Å². The first-order chi connectivity index (χ1) is 16.1. The summed E-state index contributed by atoms with van der Waals surface area (Å²) in [6, 6.07) is 4.24. The quantitative estimate of drug-likeness (QED) is 0.418. The van der Waals surface area contributed by atoms with Crippen LogP contribution in [-0.4, -0.2) is 45.3 Å². The Morgan fingerprint density at radius 1 is 1.12 bits per heavy atom. The van der Waals surface area contributed by atoms with Crippen molar-refractivity contribution in [3.63, 3.8) is 0 Å². The maximum atomic E-state index is 13.5. The molecule has 0 bridgehead atoms. The summed E-state index contributed by atoms with van der Waals surface area (Å²) in [5.41, 5.74) is 3.75. The van der Waals surface area contributed by atoms with Crippen LogP contribution in [0.1, 0.15) is 31.1 Å². The molecule has 0 radical (unpaired) electrons. The molecule has 3 rings (SSSR count). The molecule has 1 aromatic carbocycles. The van der Waals surface area contributed by atoms with E-state index in [0.29, 0.717) is 0 Å². The fourth-order valence-corrected chi connectivity index (χ4v) is 3.71. The zero-order valence-corrected chi connectivity index (χ0v) is 19.5. The number of amides is 1. The van der Waals surface area contributed by atoms with Gasteiger partial charge in [-0.25, -0.2) is 9.59 Å². The molecule has 182 valence electrons. The summed E-state index contributed by atoms with van der Waals surface area (Å²) in [4.78, 5) is 69.3. The number of ether oxygens (including phenoxy) is 1. The highest BCUT2D eigenvalue weighted by Gasteiger charge is 2.26. The van der Waals surface area contributed by atoms with E-state index in [4.69, 9.17) is 10.5 Å². The van der Waals surface area contributed by atoms with E-state index < -0.39 is 28.4 Å². The number of hydrogen-bond donors (Lipinski definition) is 3. The molecule has 0 fully saturated rings. The molecular formula is C22H28N6O6. The second kappa shape index (κ2) is 9.91. The number of aromatic amines is 2. The Morgan fingerprint density at radius 2 is 1.79 bits per heavy atom. The van der Waals surface area contributed by atoms with Gasteiger partial charge in [-0.2, -0.15) is 0 Å². The van der Waals surface area contributed by atoms with Crippen molar-refractivity contribution in [3.8, 4) is 0 Å². The van der Waals surface area contributed by atoms with Gasteiger partial charge in [0.05, 0.1) is 17.5 Å². The van der Waals surface area contributed by atoms with Crippen molar-refractivity contribution >= 4 is 28.3 Å². The zero-order chi connectivity index (χ0) is 25.2. The van der Waals surface area contributed by atoms with E-state index in [1.165, 1.54) is 29.9 Å². The summed E-state index contributed by atoms with van der Waals surface area (Å²) in [6.45, 7) is 5.92. The number of anilines is 2. The number of nitrogens with two attached hydrogens (primary N) is 1. The first-order valence-corrected chi connectivity index (χ1v) is 10.8. The summed E-state index contributed by atoms with van der Waals surface area (Å²) < 4.78 is 7.35. The minimum atomic E-state index is -0.813. The fraction of sp³-hybridized carbons (Fsp3) is 0.409. The lowest BCUT2D eigenvalue weighted by Gasteiger charge is -2.25. The average Bonchev–Trinajstić information content (AvgIpc) is 2.78. The molecule has 0 aliphatic rings. The van der Waals surface area contributed by atoms with Gasteiger partial charge in [0.15, 0.2) is 5.69 Å². The van der Waals surface area contributed by atoms with Gasteiger partial charge in [-0.3, -0.25) is 33.4 Å². The lowest BCUT2D eigenvalue weighted by atomic mass is 10.1. The van der Waals surface area contributed by atoms with Crippen LogP contribution in [-0.2, 0) is 17.8 Å². The third-order valence-electron chi connectivity index (χ3n) is 5.34.